The van der Waals surface area contributed by atoms with Gasteiger partial charge in [-0.15, -0.1) is 0 Å². The molecule has 0 unspecified atom stereocenters. The molecule has 4 heteroatoms. The van der Waals surface area contributed by atoms with Crippen molar-refractivity contribution >= 4 is 21.9 Å². The third-order valence-corrected chi connectivity index (χ3v) is 5.08. The summed E-state index contributed by atoms with van der Waals surface area (Å²) < 4.78 is 5.44. The van der Waals surface area contributed by atoms with Crippen molar-refractivity contribution in [3.8, 4) is 0 Å². The summed E-state index contributed by atoms with van der Waals surface area (Å²) in [6.07, 6.45) is 3.01. The molecule has 132 valence electrons. The molecule has 4 aromatic rings. The minimum Gasteiger partial charge on any atom is -0.422 e. The van der Waals surface area contributed by atoms with E-state index in [1.54, 1.807) is 6.07 Å². The molecule has 0 aliphatic carbocycles. The van der Waals surface area contributed by atoms with Gasteiger partial charge in [0, 0.05) is 35.1 Å². The van der Waals surface area contributed by atoms with Crippen LogP contribution in [-0.2, 0) is 13.0 Å². The van der Waals surface area contributed by atoms with Crippen molar-refractivity contribution in [2.24, 2.45) is 0 Å². The molecule has 0 atom stereocenters. The van der Waals surface area contributed by atoms with Crippen molar-refractivity contribution in [3.63, 3.8) is 0 Å². The van der Waals surface area contributed by atoms with Crippen molar-refractivity contribution in [2.45, 2.75) is 26.8 Å². The highest BCUT2D eigenvalue weighted by Crippen LogP contribution is 2.23. The molecule has 0 aliphatic rings. The normalized spacial score (nSPS) is 11.5. The Balaban J connectivity index is 1.50. The van der Waals surface area contributed by atoms with Gasteiger partial charge in [-0.1, -0.05) is 30.3 Å². The zero-order valence-electron chi connectivity index (χ0n) is 15.1. The molecular weight excluding hydrogens is 324 g/mol. The molecule has 0 spiro atoms. The summed E-state index contributed by atoms with van der Waals surface area (Å²) in [6, 6.07) is 14.0. The smallest absolute Gasteiger partial charge is 0.336 e. The van der Waals surface area contributed by atoms with E-state index < -0.39 is 0 Å². The minimum atomic E-state index is -0.292. The van der Waals surface area contributed by atoms with Crippen LogP contribution in [0.5, 0.6) is 0 Å². The van der Waals surface area contributed by atoms with E-state index in [9.17, 15) is 4.79 Å². The zero-order chi connectivity index (χ0) is 18.1. The molecule has 2 heterocycles. The molecule has 0 radical (unpaired) electrons. The molecule has 0 bridgehead atoms. The Labute approximate surface area is 151 Å². The number of aromatic amines is 1. The maximum atomic E-state index is 11.9. The predicted octanol–water partition coefficient (Wildman–Crippen LogP) is 4.22. The first-order valence-corrected chi connectivity index (χ1v) is 8.92. The molecule has 0 aliphatic heterocycles. The maximum Gasteiger partial charge on any atom is 0.336 e. The maximum absolute atomic E-state index is 11.9. The summed E-state index contributed by atoms with van der Waals surface area (Å²) in [5.41, 5.74) is 6.02. The van der Waals surface area contributed by atoms with Gasteiger partial charge >= 0.3 is 5.63 Å². The van der Waals surface area contributed by atoms with Gasteiger partial charge in [-0.2, -0.15) is 0 Å². The van der Waals surface area contributed by atoms with Crippen LogP contribution in [0.4, 0.5) is 0 Å². The summed E-state index contributed by atoms with van der Waals surface area (Å²) in [6.45, 7) is 5.51. The lowest BCUT2D eigenvalue weighted by Crippen LogP contribution is -2.18. The molecule has 4 nitrogen and oxygen atoms in total. The summed E-state index contributed by atoms with van der Waals surface area (Å²) in [5, 5.41) is 5.74. The molecule has 0 saturated heterocycles. The second-order valence-electron chi connectivity index (χ2n) is 6.76. The molecule has 2 aromatic carbocycles. The van der Waals surface area contributed by atoms with Gasteiger partial charge in [0.15, 0.2) is 0 Å². The van der Waals surface area contributed by atoms with Crippen molar-refractivity contribution in [1.29, 1.82) is 0 Å². The predicted molar refractivity (Wildman–Crippen MR) is 106 cm³/mol. The Kier molecular flexibility index (Phi) is 4.35. The van der Waals surface area contributed by atoms with Crippen molar-refractivity contribution in [3.05, 3.63) is 81.3 Å². The summed E-state index contributed by atoms with van der Waals surface area (Å²) in [4.78, 5) is 15.2. The number of benzene rings is 2. The quantitative estimate of drug-likeness (QED) is 0.420. The van der Waals surface area contributed by atoms with Gasteiger partial charge in [-0.25, -0.2) is 4.79 Å². The monoisotopic (exact) mass is 346 g/mol. The van der Waals surface area contributed by atoms with E-state index in [0.717, 1.165) is 35.0 Å². The first kappa shape index (κ1) is 16.6. The van der Waals surface area contributed by atoms with E-state index in [1.807, 2.05) is 26.0 Å². The van der Waals surface area contributed by atoms with Gasteiger partial charge in [0.1, 0.15) is 5.58 Å². The van der Waals surface area contributed by atoms with Crippen LogP contribution in [-0.4, -0.2) is 11.5 Å². The number of aromatic nitrogens is 1. The Bertz CT molecular complexity index is 1140. The van der Waals surface area contributed by atoms with E-state index in [4.69, 9.17) is 4.42 Å². The van der Waals surface area contributed by atoms with Gasteiger partial charge in [-0.05, 0) is 55.1 Å². The highest BCUT2D eigenvalue weighted by atomic mass is 16.4. The van der Waals surface area contributed by atoms with Gasteiger partial charge in [0.05, 0.1) is 0 Å². The number of hydrogen-bond acceptors (Lipinski definition) is 3. The molecule has 2 N–H and O–H groups in total. The highest BCUT2D eigenvalue weighted by Gasteiger charge is 2.09. The third-order valence-electron chi connectivity index (χ3n) is 5.08. The van der Waals surface area contributed by atoms with E-state index >= 15 is 0 Å². The number of hydrogen-bond donors (Lipinski definition) is 2. The molecule has 0 fully saturated rings. The molecule has 26 heavy (non-hydrogen) atoms. The third kappa shape index (κ3) is 3.04. The van der Waals surface area contributed by atoms with Crippen molar-refractivity contribution in [1.82, 2.24) is 10.3 Å². The van der Waals surface area contributed by atoms with Crippen molar-refractivity contribution < 1.29 is 4.42 Å². The number of H-pyrrole nitrogens is 1. The Morgan fingerprint density at radius 3 is 2.77 bits per heavy atom. The van der Waals surface area contributed by atoms with Gasteiger partial charge in [-0.3, -0.25) is 0 Å². The molecular formula is C22H22N2O2. The van der Waals surface area contributed by atoms with Crippen LogP contribution >= 0.6 is 0 Å². The summed E-state index contributed by atoms with van der Waals surface area (Å²) in [5.74, 6) is 0. The summed E-state index contributed by atoms with van der Waals surface area (Å²) >= 11 is 0. The topological polar surface area (TPSA) is 58.0 Å². The fraction of sp³-hybridized carbons (Fsp3) is 0.227. The number of aryl methyl sites for hydroxylation is 2. The highest BCUT2D eigenvalue weighted by molar-refractivity contribution is 5.84. The molecule has 4 rings (SSSR count). The summed E-state index contributed by atoms with van der Waals surface area (Å²) in [7, 11) is 0. The second kappa shape index (κ2) is 6.81. The van der Waals surface area contributed by atoms with E-state index in [2.05, 4.69) is 40.8 Å². The molecule has 0 amide bonds. The van der Waals surface area contributed by atoms with Crippen LogP contribution in [0.1, 0.15) is 22.3 Å². The first-order valence-electron chi connectivity index (χ1n) is 8.92. The van der Waals surface area contributed by atoms with Gasteiger partial charge in [0.2, 0.25) is 0 Å². The largest absolute Gasteiger partial charge is 0.422 e. The van der Waals surface area contributed by atoms with Gasteiger partial charge in [0.25, 0.3) is 0 Å². The number of fused-ring (bicyclic) bond motifs is 2. The zero-order valence-corrected chi connectivity index (χ0v) is 15.1. The van der Waals surface area contributed by atoms with Crippen LogP contribution in [0.2, 0.25) is 0 Å². The van der Waals surface area contributed by atoms with E-state index in [1.165, 1.54) is 16.5 Å². The second-order valence-corrected chi connectivity index (χ2v) is 6.76. The Morgan fingerprint density at radius 1 is 1.04 bits per heavy atom. The standard InChI is InChI=1S/C22H22N2O2/c1-14-7-8-19-17(11-21(25)26-22(19)15(14)2)12-23-10-9-16-13-24-20-6-4-3-5-18(16)20/h3-8,11,13,23-24H,9-10,12H2,1-2H3. The first-order chi connectivity index (χ1) is 12.6. The lowest BCUT2D eigenvalue weighted by Gasteiger charge is -2.10. The molecule has 2 aromatic heterocycles. The van der Waals surface area contributed by atoms with Crippen LogP contribution in [0.3, 0.4) is 0 Å². The average Bonchev–Trinajstić information content (AvgIpc) is 3.05. The van der Waals surface area contributed by atoms with E-state index in [-0.39, 0.29) is 5.63 Å². The van der Waals surface area contributed by atoms with Crippen LogP contribution in [0.15, 0.2) is 57.9 Å². The van der Waals surface area contributed by atoms with Crippen LogP contribution < -0.4 is 10.9 Å². The lowest BCUT2D eigenvalue weighted by molar-refractivity contribution is 0.554. The minimum absolute atomic E-state index is 0.292. The van der Waals surface area contributed by atoms with E-state index in [0.29, 0.717) is 12.1 Å². The average molecular weight is 346 g/mol. The Hall–Kier alpha value is -2.85. The van der Waals surface area contributed by atoms with Crippen LogP contribution in [0.25, 0.3) is 21.9 Å². The fourth-order valence-corrected chi connectivity index (χ4v) is 3.46. The Morgan fingerprint density at radius 2 is 1.88 bits per heavy atom. The number of rotatable bonds is 5. The fourth-order valence-electron chi connectivity index (χ4n) is 3.46. The van der Waals surface area contributed by atoms with Gasteiger partial charge < -0.3 is 14.7 Å². The lowest BCUT2D eigenvalue weighted by atomic mass is 10.0. The number of para-hydroxylation sites is 1. The SMILES string of the molecule is Cc1ccc2c(CNCCc3c[nH]c4ccccc34)cc(=O)oc2c1C. The number of nitrogens with one attached hydrogen (secondary N) is 2. The molecule has 0 saturated carbocycles. The van der Waals surface area contributed by atoms with Crippen molar-refractivity contribution in [2.75, 3.05) is 6.54 Å². The van der Waals surface area contributed by atoms with Crippen LogP contribution in [0, 0.1) is 13.8 Å².